The maximum absolute atomic E-state index is 14.8. The summed E-state index contributed by atoms with van der Waals surface area (Å²) >= 11 is 0. The van der Waals surface area contributed by atoms with E-state index in [1.54, 1.807) is 24.3 Å². The lowest BCUT2D eigenvalue weighted by Crippen LogP contribution is -2.64. The van der Waals surface area contributed by atoms with Crippen molar-refractivity contribution in [3.05, 3.63) is 47.6 Å². The molecule has 23 atom stereocenters. The van der Waals surface area contributed by atoms with Crippen molar-refractivity contribution >= 4 is 35.4 Å². The summed E-state index contributed by atoms with van der Waals surface area (Å²) in [7, 11) is 0. The van der Waals surface area contributed by atoms with Crippen molar-refractivity contribution in [2.45, 2.75) is 200 Å². The predicted molar refractivity (Wildman–Crippen MR) is 261 cm³/mol. The minimum absolute atomic E-state index is 0.000584. The molecule has 3 saturated heterocycles. The molecule has 9 aliphatic carbocycles. The van der Waals surface area contributed by atoms with Gasteiger partial charge in [-0.1, -0.05) is 45.4 Å². The van der Waals surface area contributed by atoms with Crippen molar-refractivity contribution < 1.29 is 57.2 Å². The Bertz CT molecular complexity index is 2570. The SMILES string of the molecule is C=C1C[C@@H]([C@@H](C)[C@H]2CC[C@H]3[C@@H]4C[C@H]5O[C@]56[C@@H](OC(C)=O)C=CC(=O)[C@]6(C)[C@H]4CC[C@]23C)OC(=O)[C@@]12CCC1=C(C[C@@H]([C@@H](C)[C@H]3CC[C@H]4[C@@H]5C[C@H]6O[C@]67[C@@H](OC(C)=O)C=CC(=O)[C@]7(C)[C@H]5CC[C@]34C)OC1=O)C2. The maximum Gasteiger partial charge on any atom is 0.334 e. The molecular weight excluding hydrogens is 913 g/mol. The number of allylic oxidation sites excluding steroid dienone is 2. The fourth-order valence-electron chi connectivity index (χ4n) is 21.2. The number of hydrogen-bond donors (Lipinski definition) is 0. The van der Waals surface area contributed by atoms with E-state index in [4.69, 9.17) is 28.4 Å². The molecule has 12 nitrogen and oxygen atoms in total. The highest BCUT2D eigenvalue weighted by Crippen LogP contribution is 2.76. The number of fused-ring (bicyclic) bond motifs is 8. The number of rotatable bonds is 6. The van der Waals surface area contributed by atoms with E-state index in [1.165, 1.54) is 13.8 Å². The molecule has 4 heterocycles. The standard InChI is InChI=1S/C60H76O12/c1-29-24-44(30(2)38-10-12-40-36-26-50-59(71-50)48(67-32(4)61)16-14-46(63)56(59,8)42(36)19-21-54(38,40)6)70-53(66)58(29)23-18-35-34(28-58)25-45(69-52(35)65)31(3)39-11-13-41-37-27-51-60(72-51)49(68-33(5)62)17-15-47(64)57(60,9)43(37)20-22-55(39,41)7/h14-17,30-31,36-45,48-51H,1,10-13,18-28H2,2-9H3/t30-,31-,36-,37-,38+,39+,40-,41-,42-,43-,44-,45-,48-,49-,50+,51+,54+,55+,56-,57-,58+,59+,60+/m0/s1. The first-order chi connectivity index (χ1) is 34.1. The third kappa shape index (κ3) is 5.84. The molecule has 0 aromatic heterocycles. The van der Waals surface area contributed by atoms with Gasteiger partial charge in [0.15, 0.2) is 23.8 Å². The van der Waals surface area contributed by atoms with E-state index in [9.17, 15) is 28.8 Å². The number of ether oxygens (including phenoxy) is 6. The number of hydrogen-bond acceptors (Lipinski definition) is 12. The molecule has 388 valence electrons. The molecule has 0 bridgehead atoms. The minimum Gasteiger partial charge on any atom is -0.461 e. The van der Waals surface area contributed by atoms with E-state index in [0.717, 1.165) is 80.9 Å². The molecule has 4 aliphatic heterocycles. The van der Waals surface area contributed by atoms with E-state index in [-0.39, 0.29) is 94.4 Å². The van der Waals surface area contributed by atoms with Crippen LogP contribution in [0.4, 0.5) is 0 Å². The van der Waals surface area contributed by atoms with Gasteiger partial charge >= 0.3 is 23.9 Å². The van der Waals surface area contributed by atoms with Crippen LogP contribution in [0, 0.1) is 86.3 Å². The van der Waals surface area contributed by atoms with E-state index < -0.39 is 39.7 Å². The Balaban J connectivity index is 0.678. The molecule has 3 spiro atoms. The quantitative estimate of drug-likeness (QED) is 0.107. The van der Waals surface area contributed by atoms with Crippen LogP contribution >= 0.6 is 0 Å². The van der Waals surface area contributed by atoms with Gasteiger partial charge < -0.3 is 28.4 Å². The van der Waals surface area contributed by atoms with Gasteiger partial charge in [0, 0.05) is 32.3 Å². The first kappa shape index (κ1) is 47.8. The van der Waals surface area contributed by atoms with Crippen LogP contribution in [0.3, 0.4) is 0 Å². The van der Waals surface area contributed by atoms with Crippen LogP contribution in [-0.4, -0.2) is 83.3 Å². The molecular formula is C60H76O12. The molecule has 13 rings (SSSR count). The lowest BCUT2D eigenvalue weighted by molar-refractivity contribution is -0.174. The number of carbonyl (C=O) groups is 6. The van der Waals surface area contributed by atoms with Gasteiger partial charge in [-0.05, 0) is 192 Å². The highest BCUT2D eigenvalue weighted by atomic mass is 16.7. The average Bonchev–Trinajstić information content (AvgIpc) is 4.18. The molecule has 72 heavy (non-hydrogen) atoms. The van der Waals surface area contributed by atoms with Crippen molar-refractivity contribution in [1.29, 1.82) is 0 Å². The highest BCUT2D eigenvalue weighted by Gasteiger charge is 2.83. The number of cyclic esters (lactones) is 2. The fourth-order valence-corrected chi connectivity index (χ4v) is 21.2. The summed E-state index contributed by atoms with van der Waals surface area (Å²) in [6.07, 6.45) is 17.1. The molecule has 0 aromatic carbocycles. The predicted octanol–water partition coefficient (Wildman–Crippen LogP) is 9.27. The topological polar surface area (TPSA) is 164 Å². The maximum atomic E-state index is 14.8. The van der Waals surface area contributed by atoms with Gasteiger partial charge in [0.25, 0.3) is 0 Å². The molecule has 0 radical (unpaired) electrons. The molecule has 0 amide bonds. The second-order valence-electron chi connectivity index (χ2n) is 26.9. The molecule has 0 aromatic rings. The average molecular weight is 989 g/mol. The van der Waals surface area contributed by atoms with Crippen LogP contribution in [0.2, 0.25) is 0 Å². The van der Waals surface area contributed by atoms with Gasteiger partial charge in [-0.3, -0.25) is 24.0 Å². The summed E-state index contributed by atoms with van der Waals surface area (Å²) in [6, 6.07) is 0. The zero-order chi connectivity index (χ0) is 50.6. The molecule has 0 unspecified atom stereocenters. The number of esters is 4. The molecule has 6 saturated carbocycles. The summed E-state index contributed by atoms with van der Waals surface area (Å²) in [5, 5.41) is 0. The smallest absolute Gasteiger partial charge is 0.334 e. The summed E-state index contributed by atoms with van der Waals surface area (Å²) < 4.78 is 37.8. The molecule has 0 N–H and O–H groups in total. The van der Waals surface area contributed by atoms with Gasteiger partial charge in [-0.2, -0.15) is 0 Å². The first-order valence-corrected chi connectivity index (χ1v) is 28.1. The monoisotopic (exact) mass is 989 g/mol. The number of ketones is 2. The third-order valence-corrected chi connectivity index (χ3v) is 24.8. The van der Waals surface area contributed by atoms with Gasteiger partial charge in [0.2, 0.25) is 0 Å². The number of epoxide rings is 2. The number of carbonyl (C=O) groups excluding carboxylic acids is 6. The van der Waals surface area contributed by atoms with E-state index >= 15 is 0 Å². The Morgan fingerprint density at radius 1 is 0.653 bits per heavy atom. The van der Waals surface area contributed by atoms with Crippen molar-refractivity contribution in [2.75, 3.05) is 0 Å². The van der Waals surface area contributed by atoms with Gasteiger partial charge in [-0.15, -0.1) is 0 Å². The Morgan fingerprint density at radius 2 is 1.14 bits per heavy atom. The lowest BCUT2D eigenvalue weighted by Gasteiger charge is -2.58. The Labute approximate surface area is 424 Å². The summed E-state index contributed by atoms with van der Waals surface area (Å²) in [4.78, 5) is 81.1. The Hall–Kier alpha value is -3.90. The Kier molecular flexibility index (Phi) is 10.2. The summed E-state index contributed by atoms with van der Waals surface area (Å²) in [5.41, 5.74) is -1.23. The largest absolute Gasteiger partial charge is 0.461 e. The minimum atomic E-state index is -0.861. The lowest BCUT2D eigenvalue weighted by atomic mass is 9.44. The summed E-state index contributed by atoms with van der Waals surface area (Å²) in [6.45, 7) is 21.2. The van der Waals surface area contributed by atoms with Crippen LogP contribution in [0.1, 0.15) is 152 Å². The normalized spacial score (nSPS) is 52.9. The van der Waals surface area contributed by atoms with Crippen LogP contribution < -0.4 is 0 Å². The third-order valence-electron chi connectivity index (χ3n) is 24.8. The van der Waals surface area contributed by atoms with Crippen LogP contribution in [0.15, 0.2) is 47.6 Å². The fraction of sp³-hybridized carbons (Fsp3) is 0.767. The van der Waals surface area contributed by atoms with Crippen LogP contribution in [0.25, 0.3) is 0 Å². The Morgan fingerprint density at radius 3 is 1.61 bits per heavy atom. The van der Waals surface area contributed by atoms with Crippen molar-refractivity contribution in [3.63, 3.8) is 0 Å². The molecule has 9 fully saturated rings. The van der Waals surface area contributed by atoms with E-state index in [2.05, 4.69) is 48.1 Å². The summed E-state index contributed by atoms with van der Waals surface area (Å²) in [5.74, 6) is 1.59. The zero-order valence-corrected chi connectivity index (χ0v) is 43.8. The van der Waals surface area contributed by atoms with Crippen molar-refractivity contribution in [2.24, 2.45) is 86.3 Å². The van der Waals surface area contributed by atoms with Gasteiger partial charge in [0.1, 0.15) is 23.4 Å². The van der Waals surface area contributed by atoms with Crippen molar-refractivity contribution in [1.82, 2.24) is 0 Å². The second-order valence-corrected chi connectivity index (χ2v) is 26.9. The molecule has 13 aliphatic rings. The van der Waals surface area contributed by atoms with E-state index in [0.29, 0.717) is 67.6 Å². The van der Waals surface area contributed by atoms with Gasteiger partial charge in [0.05, 0.1) is 28.5 Å². The highest BCUT2D eigenvalue weighted by molar-refractivity contribution is 5.99. The van der Waals surface area contributed by atoms with Crippen molar-refractivity contribution in [3.8, 4) is 0 Å². The van der Waals surface area contributed by atoms with E-state index in [1.807, 2.05) is 0 Å². The van der Waals surface area contributed by atoms with Crippen LogP contribution in [-0.2, 0) is 57.2 Å². The second kappa shape index (κ2) is 15.4. The van der Waals surface area contributed by atoms with Crippen LogP contribution in [0.5, 0.6) is 0 Å². The van der Waals surface area contributed by atoms with Gasteiger partial charge in [-0.25, -0.2) is 4.79 Å². The zero-order valence-electron chi connectivity index (χ0n) is 43.8. The molecule has 12 heteroatoms. The first-order valence-electron chi connectivity index (χ1n) is 28.1.